The third kappa shape index (κ3) is 1.90. The lowest BCUT2D eigenvalue weighted by Crippen LogP contribution is -1.88. The topological polar surface area (TPSA) is 64.9 Å². The molecule has 102 valence electrons. The second-order valence-corrected chi connectivity index (χ2v) is 5.57. The molecule has 0 aliphatic carbocycles. The molecule has 0 saturated carbocycles. The van der Waals surface area contributed by atoms with E-state index in [1.54, 1.807) is 17.5 Å². The summed E-state index contributed by atoms with van der Waals surface area (Å²) >= 11 is 1.61. The van der Waals surface area contributed by atoms with Gasteiger partial charge in [-0.15, -0.1) is 11.3 Å². The molecule has 0 saturated heterocycles. The molecule has 21 heavy (non-hydrogen) atoms. The molecule has 0 bridgehead atoms. The Labute approximate surface area is 124 Å². The molecule has 0 radical (unpaired) electrons. The molecular weight excluding hydrogens is 282 g/mol. The molecular formula is C16H11N3OS. The first-order valence-corrected chi connectivity index (χ1v) is 7.35. The number of fused-ring (bicyclic) bond motifs is 1. The first-order valence-electron chi connectivity index (χ1n) is 6.48. The third-order valence-electron chi connectivity index (χ3n) is 3.38. The largest absolute Gasteiger partial charge is 0.380 e. The predicted octanol–water partition coefficient (Wildman–Crippen LogP) is 4.20. The number of hydrogen-bond donors (Lipinski definition) is 1. The Balaban J connectivity index is 2.03. The van der Waals surface area contributed by atoms with Gasteiger partial charge in [0, 0.05) is 22.0 Å². The van der Waals surface area contributed by atoms with E-state index in [1.807, 2.05) is 47.8 Å². The minimum atomic E-state index is 0.411. The van der Waals surface area contributed by atoms with Crippen LogP contribution in [-0.4, -0.2) is 10.1 Å². The highest BCUT2D eigenvalue weighted by Gasteiger charge is 2.20. The average molecular weight is 293 g/mol. The molecule has 3 aromatic heterocycles. The van der Waals surface area contributed by atoms with Crippen LogP contribution in [0.25, 0.3) is 32.7 Å². The normalized spacial score (nSPS) is 11.0. The van der Waals surface area contributed by atoms with Gasteiger partial charge in [0.05, 0.1) is 11.1 Å². The Morgan fingerprint density at radius 3 is 2.81 bits per heavy atom. The molecule has 0 aliphatic rings. The second kappa shape index (κ2) is 4.71. The number of benzene rings is 1. The Hall–Kier alpha value is -2.66. The molecule has 0 fully saturated rings. The van der Waals surface area contributed by atoms with Crippen molar-refractivity contribution in [1.29, 1.82) is 0 Å². The number of nitrogen functional groups attached to an aromatic ring is 1. The van der Waals surface area contributed by atoms with Gasteiger partial charge in [-0.2, -0.15) is 0 Å². The van der Waals surface area contributed by atoms with Gasteiger partial charge in [-0.05, 0) is 23.6 Å². The average Bonchev–Trinajstić information content (AvgIpc) is 3.16. The van der Waals surface area contributed by atoms with Gasteiger partial charge < -0.3 is 10.3 Å². The van der Waals surface area contributed by atoms with Crippen LogP contribution >= 0.6 is 11.3 Å². The first-order chi connectivity index (χ1) is 10.3. The summed E-state index contributed by atoms with van der Waals surface area (Å²) in [6.07, 6.45) is 1.77. The lowest BCUT2D eigenvalue weighted by molar-refractivity contribution is 0.436. The van der Waals surface area contributed by atoms with Crippen molar-refractivity contribution < 1.29 is 4.52 Å². The van der Waals surface area contributed by atoms with Gasteiger partial charge >= 0.3 is 0 Å². The third-order valence-corrected chi connectivity index (χ3v) is 4.27. The predicted molar refractivity (Wildman–Crippen MR) is 85.0 cm³/mol. The van der Waals surface area contributed by atoms with E-state index in [4.69, 9.17) is 10.3 Å². The molecule has 0 atom stereocenters. The molecule has 0 spiro atoms. The highest BCUT2D eigenvalue weighted by atomic mass is 32.1. The fourth-order valence-electron chi connectivity index (χ4n) is 2.44. The molecule has 2 N–H and O–H groups in total. The van der Waals surface area contributed by atoms with E-state index in [2.05, 4.69) is 10.1 Å². The van der Waals surface area contributed by atoms with E-state index in [0.29, 0.717) is 11.6 Å². The monoisotopic (exact) mass is 293 g/mol. The summed E-state index contributed by atoms with van der Waals surface area (Å²) in [5, 5.41) is 6.98. The zero-order valence-corrected chi connectivity index (χ0v) is 11.8. The lowest BCUT2D eigenvalue weighted by atomic mass is 10.0. The number of rotatable bonds is 2. The van der Waals surface area contributed by atoms with Crippen LogP contribution in [0.5, 0.6) is 0 Å². The molecule has 0 amide bonds. The standard InChI is InChI=1S/C16H11N3OS/c17-16-14(13-6-3-9-21-13)15(20-19-16)11-7-8-18-12-5-2-1-4-10(11)12/h1-9H,(H2,17,19). The zero-order chi connectivity index (χ0) is 14.2. The van der Waals surface area contributed by atoms with Crippen molar-refractivity contribution >= 4 is 28.1 Å². The van der Waals surface area contributed by atoms with Crippen LogP contribution in [0.1, 0.15) is 0 Å². The van der Waals surface area contributed by atoms with Crippen molar-refractivity contribution in [3.63, 3.8) is 0 Å². The summed E-state index contributed by atoms with van der Waals surface area (Å²) in [4.78, 5) is 5.42. The van der Waals surface area contributed by atoms with Crippen molar-refractivity contribution in [2.24, 2.45) is 0 Å². The van der Waals surface area contributed by atoms with E-state index >= 15 is 0 Å². The fourth-order valence-corrected chi connectivity index (χ4v) is 3.22. The van der Waals surface area contributed by atoms with Gasteiger partial charge in [0.25, 0.3) is 0 Å². The lowest BCUT2D eigenvalue weighted by Gasteiger charge is -2.04. The van der Waals surface area contributed by atoms with Crippen molar-refractivity contribution in [3.8, 4) is 21.8 Å². The van der Waals surface area contributed by atoms with Gasteiger partial charge in [-0.1, -0.05) is 29.4 Å². The van der Waals surface area contributed by atoms with E-state index in [0.717, 1.165) is 26.9 Å². The molecule has 5 heteroatoms. The van der Waals surface area contributed by atoms with Crippen LogP contribution in [0.3, 0.4) is 0 Å². The first kappa shape index (κ1) is 12.1. The number of pyridine rings is 1. The van der Waals surface area contributed by atoms with Gasteiger partial charge in [-0.25, -0.2) is 0 Å². The summed E-state index contributed by atoms with van der Waals surface area (Å²) in [5.74, 6) is 1.10. The maximum Gasteiger partial charge on any atom is 0.178 e. The van der Waals surface area contributed by atoms with Crippen molar-refractivity contribution in [2.45, 2.75) is 0 Å². The minimum Gasteiger partial charge on any atom is -0.380 e. The van der Waals surface area contributed by atoms with Crippen LogP contribution < -0.4 is 5.73 Å². The summed E-state index contributed by atoms with van der Waals surface area (Å²) in [7, 11) is 0. The van der Waals surface area contributed by atoms with E-state index in [1.165, 1.54) is 0 Å². The highest BCUT2D eigenvalue weighted by molar-refractivity contribution is 7.13. The maximum atomic E-state index is 6.00. The van der Waals surface area contributed by atoms with E-state index < -0.39 is 0 Å². The van der Waals surface area contributed by atoms with Crippen molar-refractivity contribution in [3.05, 3.63) is 54.0 Å². The van der Waals surface area contributed by atoms with Gasteiger partial charge in [-0.3, -0.25) is 4.98 Å². The molecule has 0 aliphatic heterocycles. The molecule has 4 nitrogen and oxygen atoms in total. The van der Waals surface area contributed by atoms with Crippen LogP contribution in [0, 0.1) is 0 Å². The quantitative estimate of drug-likeness (QED) is 0.601. The second-order valence-electron chi connectivity index (χ2n) is 4.62. The highest BCUT2D eigenvalue weighted by Crippen LogP contribution is 2.40. The van der Waals surface area contributed by atoms with Gasteiger partial charge in [0.15, 0.2) is 11.6 Å². The van der Waals surface area contributed by atoms with Crippen molar-refractivity contribution in [1.82, 2.24) is 10.1 Å². The number of anilines is 1. The molecule has 4 rings (SSSR count). The summed E-state index contributed by atoms with van der Waals surface area (Å²) in [5.41, 5.74) is 8.72. The van der Waals surface area contributed by atoms with E-state index in [9.17, 15) is 0 Å². The molecule has 1 aromatic carbocycles. The number of para-hydroxylation sites is 1. The Kier molecular flexibility index (Phi) is 2.72. The number of aromatic nitrogens is 2. The van der Waals surface area contributed by atoms with Crippen LogP contribution in [0.15, 0.2) is 58.6 Å². The van der Waals surface area contributed by atoms with Crippen LogP contribution in [0.2, 0.25) is 0 Å². The van der Waals surface area contributed by atoms with Crippen molar-refractivity contribution in [2.75, 3.05) is 5.73 Å². The molecule has 4 aromatic rings. The van der Waals surface area contributed by atoms with Gasteiger partial charge in [0.1, 0.15) is 0 Å². The minimum absolute atomic E-state index is 0.411. The smallest absolute Gasteiger partial charge is 0.178 e. The molecule has 3 heterocycles. The number of hydrogen-bond acceptors (Lipinski definition) is 5. The molecule has 0 unspecified atom stereocenters. The summed E-state index contributed by atoms with van der Waals surface area (Å²) in [6, 6.07) is 13.9. The Bertz CT molecular complexity index is 907. The number of thiophene rings is 1. The fraction of sp³-hybridized carbons (Fsp3) is 0. The maximum absolute atomic E-state index is 6.00. The van der Waals surface area contributed by atoms with Crippen LogP contribution in [0.4, 0.5) is 5.82 Å². The Morgan fingerprint density at radius 1 is 1.05 bits per heavy atom. The SMILES string of the molecule is Nc1noc(-c2ccnc3ccccc23)c1-c1cccs1. The Morgan fingerprint density at radius 2 is 1.95 bits per heavy atom. The van der Waals surface area contributed by atoms with E-state index in [-0.39, 0.29) is 0 Å². The number of nitrogens with zero attached hydrogens (tertiary/aromatic N) is 2. The van der Waals surface area contributed by atoms with Gasteiger partial charge in [0.2, 0.25) is 0 Å². The summed E-state index contributed by atoms with van der Waals surface area (Å²) in [6.45, 7) is 0. The summed E-state index contributed by atoms with van der Waals surface area (Å²) < 4.78 is 5.52. The van der Waals surface area contributed by atoms with Crippen LogP contribution in [-0.2, 0) is 0 Å². The zero-order valence-electron chi connectivity index (χ0n) is 11.0. The number of nitrogens with two attached hydrogens (primary N) is 1.